The van der Waals surface area contributed by atoms with E-state index in [0.29, 0.717) is 26.2 Å². The molecule has 2 N–H and O–H groups in total. The molecule has 1 aromatic rings. The topological polar surface area (TPSA) is 94.7 Å². The Bertz CT molecular complexity index is 858. The summed E-state index contributed by atoms with van der Waals surface area (Å²) in [6.45, 7) is 3.73. The minimum atomic E-state index is -3.64. The molecular weight excluding hydrogens is 388 g/mol. The van der Waals surface area contributed by atoms with Crippen molar-refractivity contribution in [2.24, 2.45) is 5.92 Å². The highest BCUT2D eigenvalue weighted by Crippen LogP contribution is 2.39. The minimum Gasteiger partial charge on any atom is -0.333 e. The molecule has 1 heterocycles. The van der Waals surface area contributed by atoms with Gasteiger partial charge in [0.15, 0.2) is 6.54 Å². The Morgan fingerprint density at radius 2 is 2.00 bits per heavy atom. The molecule has 1 aliphatic heterocycles. The van der Waals surface area contributed by atoms with E-state index in [0.717, 1.165) is 17.7 Å². The van der Waals surface area contributed by atoms with Crippen LogP contribution in [0.5, 0.6) is 0 Å². The van der Waals surface area contributed by atoms with Gasteiger partial charge in [-0.05, 0) is 37.8 Å². The number of quaternary nitrogens is 1. The fourth-order valence-corrected chi connectivity index (χ4v) is 5.39. The van der Waals surface area contributed by atoms with Crippen molar-refractivity contribution >= 4 is 27.5 Å². The number of carbonyl (C=O) groups is 1. The lowest BCUT2D eigenvalue weighted by atomic mass is 9.98. The third-order valence-corrected chi connectivity index (χ3v) is 7.72. The molecule has 9 heteroatoms. The third kappa shape index (κ3) is 4.43. The summed E-state index contributed by atoms with van der Waals surface area (Å²) in [5.41, 5.74) is -0.800. The van der Waals surface area contributed by atoms with Crippen LogP contribution in [0.25, 0.3) is 0 Å². The van der Waals surface area contributed by atoms with Crippen molar-refractivity contribution in [3.8, 4) is 6.07 Å². The summed E-state index contributed by atoms with van der Waals surface area (Å²) >= 11 is 6.04. The van der Waals surface area contributed by atoms with E-state index >= 15 is 0 Å². The fourth-order valence-electron chi connectivity index (χ4n) is 3.46. The predicted molar refractivity (Wildman–Crippen MR) is 101 cm³/mol. The molecule has 7 nitrogen and oxygen atoms in total. The SMILES string of the molecule is C[C@](C#N)(NC(=O)C[NH+]1CCN(S(=O)(=O)c2ccccc2Cl)CC1)C1CC1. The Morgan fingerprint density at radius 1 is 1.37 bits per heavy atom. The van der Waals surface area contributed by atoms with Crippen LogP contribution >= 0.6 is 11.6 Å². The zero-order valence-corrected chi connectivity index (χ0v) is 16.8. The van der Waals surface area contributed by atoms with Crippen molar-refractivity contribution in [2.45, 2.75) is 30.2 Å². The average molecular weight is 412 g/mol. The van der Waals surface area contributed by atoms with Gasteiger partial charge in [0.1, 0.15) is 10.4 Å². The molecule has 2 fully saturated rings. The second-order valence-corrected chi connectivity index (χ2v) is 9.71. The van der Waals surface area contributed by atoms with Gasteiger partial charge in [-0.3, -0.25) is 4.79 Å². The van der Waals surface area contributed by atoms with Crippen molar-refractivity contribution in [3.05, 3.63) is 29.3 Å². The smallest absolute Gasteiger partial charge is 0.276 e. The lowest BCUT2D eigenvalue weighted by Crippen LogP contribution is -3.16. The van der Waals surface area contributed by atoms with Gasteiger partial charge in [-0.25, -0.2) is 8.42 Å². The van der Waals surface area contributed by atoms with Crippen LogP contribution in [0.2, 0.25) is 5.02 Å². The quantitative estimate of drug-likeness (QED) is 0.690. The van der Waals surface area contributed by atoms with E-state index in [2.05, 4.69) is 11.4 Å². The third-order valence-electron chi connectivity index (χ3n) is 5.32. The number of carbonyl (C=O) groups excluding carboxylic acids is 1. The van der Waals surface area contributed by atoms with E-state index < -0.39 is 15.6 Å². The zero-order valence-electron chi connectivity index (χ0n) is 15.2. The van der Waals surface area contributed by atoms with Gasteiger partial charge in [-0.15, -0.1) is 0 Å². The van der Waals surface area contributed by atoms with Crippen LogP contribution in [0.1, 0.15) is 19.8 Å². The van der Waals surface area contributed by atoms with Gasteiger partial charge in [-0.1, -0.05) is 23.7 Å². The second kappa shape index (κ2) is 7.76. The van der Waals surface area contributed by atoms with Crippen molar-refractivity contribution in [2.75, 3.05) is 32.7 Å². The molecule has 0 aromatic heterocycles. The number of piperazine rings is 1. The lowest BCUT2D eigenvalue weighted by molar-refractivity contribution is -0.895. The first kappa shape index (κ1) is 20.1. The summed E-state index contributed by atoms with van der Waals surface area (Å²) in [7, 11) is -3.64. The maximum atomic E-state index is 12.8. The van der Waals surface area contributed by atoms with Gasteiger partial charge < -0.3 is 10.2 Å². The predicted octanol–water partition coefficient (Wildman–Crippen LogP) is 0.0377. The highest BCUT2D eigenvalue weighted by atomic mass is 35.5. The summed E-state index contributed by atoms with van der Waals surface area (Å²) < 4.78 is 26.9. The van der Waals surface area contributed by atoms with Gasteiger partial charge in [-0.2, -0.15) is 9.57 Å². The molecule has 1 aromatic carbocycles. The molecule has 0 unspecified atom stereocenters. The van der Waals surface area contributed by atoms with Crippen LogP contribution in [0.3, 0.4) is 0 Å². The highest BCUT2D eigenvalue weighted by molar-refractivity contribution is 7.89. The second-order valence-electron chi connectivity index (χ2n) is 7.40. The summed E-state index contributed by atoms with van der Waals surface area (Å²) in [4.78, 5) is 13.5. The number of amides is 1. The summed E-state index contributed by atoms with van der Waals surface area (Å²) in [5.74, 6) is 0.0717. The largest absolute Gasteiger partial charge is 0.333 e. The van der Waals surface area contributed by atoms with Crippen molar-refractivity contribution in [1.29, 1.82) is 5.26 Å². The molecule has 1 amide bonds. The Kier molecular flexibility index (Phi) is 5.77. The van der Waals surface area contributed by atoms with E-state index in [9.17, 15) is 18.5 Å². The molecule has 27 heavy (non-hydrogen) atoms. The van der Waals surface area contributed by atoms with E-state index in [1.54, 1.807) is 25.1 Å². The van der Waals surface area contributed by atoms with Crippen LogP contribution in [0.15, 0.2) is 29.2 Å². The zero-order chi connectivity index (χ0) is 19.7. The summed E-state index contributed by atoms with van der Waals surface area (Å²) in [6.07, 6.45) is 1.94. The van der Waals surface area contributed by atoms with Gasteiger partial charge in [0.25, 0.3) is 5.91 Å². The number of halogens is 1. The van der Waals surface area contributed by atoms with E-state index in [1.807, 2.05) is 0 Å². The van der Waals surface area contributed by atoms with Crippen molar-refractivity contribution in [1.82, 2.24) is 9.62 Å². The first-order chi connectivity index (χ1) is 12.8. The molecule has 0 bridgehead atoms. The normalized spacial score (nSPS) is 21.2. The van der Waals surface area contributed by atoms with Crippen LogP contribution in [0, 0.1) is 17.2 Å². The number of sulfonamides is 1. The first-order valence-electron chi connectivity index (χ1n) is 9.07. The molecule has 1 saturated heterocycles. The van der Waals surface area contributed by atoms with Gasteiger partial charge in [0.05, 0.1) is 37.3 Å². The Hall–Kier alpha value is -1.66. The van der Waals surface area contributed by atoms with E-state index in [1.165, 1.54) is 10.4 Å². The van der Waals surface area contributed by atoms with Crippen LogP contribution in [0.4, 0.5) is 0 Å². The molecular formula is C18H24ClN4O3S+. The molecule has 3 rings (SSSR count). The molecule has 2 aliphatic rings. The van der Waals surface area contributed by atoms with E-state index in [4.69, 9.17) is 11.6 Å². The summed E-state index contributed by atoms with van der Waals surface area (Å²) in [6, 6.07) is 8.63. The number of nitriles is 1. The maximum absolute atomic E-state index is 12.8. The first-order valence-corrected chi connectivity index (χ1v) is 10.9. The van der Waals surface area contributed by atoms with Gasteiger partial charge in [0.2, 0.25) is 10.0 Å². The van der Waals surface area contributed by atoms with Crippen LogP contribution in [-0.2, 0) is 14.8 Å². The number of rotatable bonds is 6. The lowest BCUT2D eigenvalue weighted by Gasteiger charge is -2.32. The molecule has 1 atom stereocenters. The Labute approximate surface area is 164 Å². The van der Waals surface area contributed by atoms with Gasteiger partial charge >= 0.3 is 0 Å². The number of nitrogens with zero attached hydrogens (tertiary/aromatic N) is 2. The molecule has 0 radical (unpaired) electrons. The Balaban J connectivity index is 1.55. The fraction of sp³-hybridized carbons (Fsp3) is 0.556. The number of benzene rings is 1. The number of nitrogens with one attached hydrogen (secondary N) is 2. The van der Waals surface area contributed by atoms with E-state index in [-0.39, 0.29) is 28.3 Å². The minimum absolute atomic E-state index is 0.113. The molecule has 1 aliphatic carbocycles. The van der Waals surface area contributed by atoms with Crippen LogP contribution < -0.4 is 10.2 Å². The molecule has 0 spiro atoms. The number of hydrogen-bond acceptors (Lipinski definition) is 4. The maximum Gasteiger partial charge on any atom is 0.276 e. The number of hydrogen-bond donors (Lipinski definition) is 2. The molecule has 146 valence electrons. The van der Waals surface area contributed by atoms with Crippen LogP contribution in [-0.4, -0.2) is 56.9 Å². The monoisotopic (exact) mass is 411 g/mol. The van der Waals surface area contributed by atoms with Gasteiger partial charge in [0, 0.05) is 0 Å². The van der Waals surface area contributed by atoms with Crippen molar-refractivity contribution in [3.63, 3.8) is 0 Å². The average Bonchev–Trinajstić information content (AvgIpc) is 3.48. The summed E-state index contributed by atoms with van der Waals surface area (Å²) in [5, 5.41) is 12.4. The molecule has 1 saturated carbocycles. The Morgan fingerprint density at radius 3 is 2.56 bits per heavy atom. The van der Waals surface area contributed by atoms with Crippen molar-refractivity contribution < 1.29 is 18.1 Å². The standard InChI is InChI=1S/C18H23ClN4O3S/c1-18(13-20,14-6-7-14)21-17(24)12-22-8-10-23(11-9-22)27(25,26)16-5-3-2-4-15(16)19/h2-5,14H,6-12H2,1H3,(H,21,24)/p+1/t18-/m1/s1. The highest BCUT2D eigenvalue weighted by Gasteiger charge is 2.43.